The lowest BCUT2D eigenvalue weighted by molar-refractivity contribution is -0.162. The first kappa shape index (κ1) is 53.5. The Bertz CT molecular complexity index is 3590. The normalized spacial score (nSPS) is 23.6. The van der Waals surface area contributed by atoms with Gasteiger partial charge in [0, 0.05) is 52.1 Å². The zero-order valence-corrected chi connectivity index (χ0v) is 41.4. The number of phenolic OH excluding ortho intramolecular Hbond substituents is 1. The second-order valence-electron chi connectivity index (χ2n) is 18.8. The summed E-state index contributed by atoms with van der Waals surface area (Å²) in [5, 5.41) is 58.5. The molecule has 0 spiro atoms. The first-order valence-electron chi connectivity index (χ1n) is 23.3. The van der Waals surface area contributed by atoms with Crippen LogP contribution in [0.3, 0.4) is 0 Å². The number of aryl methyl sites for hydroxylation is 4. The quantitative estimate of drug-likeness (QED) is 0.0946. The Balaban J connectivity index is 0.000000158. The van der Waals surface area contributed by atoms with E-state index in [-0.39, 0.29) is 28.0 Å². The lowest BCUT2D eigenvalue weighted by Crippen LogP contribution is -2.68. The number of benzene rings is 2. The van der Waals surface area contributed by atoms with Crippen LogP contribution in [0.4, 0.5) is 0 Å². The van der Waals surface area contributed by atoms with Gasteiger partial charge in [-0.2, -0.15) is 0 Å². The highest BCUT2D eigenvalue weighted by Gasteiger charge is 2.67. The van der Waals surface area contributed by atoms with E-state index >= 15 is 0 Å². The summed E-state index contributed by atoms with van der Waals surface area (Å²) in [6.45, 7) is 3.65. The number of amides is 1. The first-order chi connectivity index (χ1) is 34.6. The van der Waals surface area contributed by atoms with E-state index in [9.17, 15) is 59.1 Å². The molecule has 11 rings (SSSR count). The number of carbonyl (C=O) groups is 3. The van der Waals surface area contributed by atoms with E-state index in [0.29, 0.717) is 33.8 Å². The van der Waals surface area contributed by atoms with Gasteiger partial charge in [-0.1, -0.05) is 43.3 Å². The Morgan fingerprint density at radius 1 is 0.905 bits per heavy atom. The van der Waals surface area contributed by atoms with Crippen LogP contribution in [-0.4, -0.2) is 142 Å². The molecule has 25 nitrogen and oxygen atoms in total. The third kappa shape index (κ3) is 8.61. The summed E-state index contributed by atoms with van der Waals surface area (Å²) in [7, 11) is 9.25. The molecule has 1 amide bonds. The number of Topliss-reactive ketones (excluding diaryl/α,β-unsaturated/α-hetero) is 2. The number of fused-ring (bicyclic) bond motifs is 6. The maximum Gasteiger partial charge on any atom is 0.332 e. The molecule has 0 saturated carbocycles. The number of H-pyrrole nitrogens is 2. The van der Waals surface area contributed by atoms with Crippen LogP contribution >= 0.6 is 0 Å². The molecule has 5 heterocycles. The third-order valence-corrected chi connectivity index (χ3v) is 14.4. The molecular formula is C49H58N12O13. The van der Waals surface area contributed by atoms with Crippen molar-refractivity contribution in [3.8, 4) is 5.75 Å². The third-order valence-electron chi connectivity index (χ3n) is 14.4. The van der Waals surface area contributed by atoms with Crippen LogP contribution in [0.5, 0.6) is 5.75 Å². The zero-order valence-electron chi connectivity index (χ0n) is 41.4. The number of primary amides is 1. The summed E-state index contributed by atoms with van der Waals surface area (Å²) in [6.07, 6.45) is 5.09. The number of likely N-dealkylation sites (N-methyl/N-ethyl adjacent to an activating group) is 1. The molecule has 4 aromatic heterocycles. The number of aliphatic imine (C=N–C) groups is 1. The Morgan fingerprint density at radius 2 is 1.59 bits per heavy atom. The molecule has 7 atom stereocenters. The highest BCUT2D eigenvalue weighted by molar-refractivity contribution is 6.25. The molecule has 392 valence electrons. The average Bonchev–Trinajstić information content (AvgIpc) is 4.16. The predicted molar refractivity (Wildman–Crippen MR) is 269 cm³/mol. The number of nitrogens with one attached hydrogen (secondary N) is 3. The van der Waals surface area contributed by atoms with Gasteiger partial charge in [0.2, 0.25) is 5.78 Å². The predicted octanol–water partition coefficient (Wildman–Crippen LogP) is -1.14. The molecule has 4 aliphatic carbocycles. The lowest BCUT2D eigenvalue weighted by Gasteiger charge is -2.53. The maximum atomic E-state index is 13.3. The summed E-state index contributed by atoms with van der Waals surface area (Å²) < 4.78 is 5.25. The molecule has 0 saturated heterocycles. The lowest BCUT2D eigenvalue weighted by atomic mass is 9.55. The topological polar surface area (TPSA) is 383 Å². The van der Waals surface area contributed by atoms with Crippen molar-refractivity contribution in [1.29, 1.82) is 0 Å². The molecule has 0 bridgehead atoms. The summed E-state index contributed by atoms with van der Waals surface area (Å²) in [5.74, 6) is -7.10. The largest absolute Gasteiger partial charge is 0.510 e. The fourth-order valence-corrected chi connectivity index (χ4v) is 10.8. The minimum atomic E-state index is -2.89. The van der Waals surface area contributed by atoms with Crippen LogP contribution in [0, 0.1) is 11.8 Å². The van der Waals surface area contributed by atoms with E-state index in [0.717, 1.165) is 17.7 Å². The standard InChI is InChI=1S/C22H24N2O8.C13H16N2.2C7H8N4O2.H2O/c1-7-8-5-4-6-9(25)11(8)16(26)12-10(7)17(27)14-15(24(2)3)18(28)13(21(23)31)20(30)22(14,32)19(12)29;1-2-6-11-10(4-1)5-3-7-12(11)13-14-8-9-15-13;1-10-3-8-5-4(10)6(12)9-7(13)11(5)2;1-10-5-4(8-3-9-5)6(12)11(2)7(10)13;/h4-7,10,14-15,17,25,27-29,32H,1-3H3,(H2,23,31);1-2,4,6,12H,3,5,7-9H2,(H,14,15);3H,1-2H3,(H,9,12,13);3H,1-2H3,(H,8,9);1H2/t7-,10+,14+,15-,17-,22-;;;;/m0..../s1. The van der Waals surface area contributed by atoms with Crippen molar-refractivity contribution in [2.45, 2.75) is 55.8 Å². The van der Waals surface area contributed by atoms with E-state index in [4.69, 9.17) is 5.73 Å². The number of aliphatic hydroxyl groups is 4. The minimum Gasteiger partial charge on any atom is -0.510 e. The monoisotopic (exact) mass is 1020 g/mol. The van der Waals surface area contributed by atoms with Gasteiger partial charge in [0.15, 0.2) is 28.2 Å². The summed E-state index contributed by atoms with van der Waals surface area (Å²) in [6, 6.07) is 12.0. The van der Waals surface area contributed by atoms with E-state index in [1.165, 1.54) is 90.1 Å². The van der Waals surface area contributed by atoms with Crippen molar-refractivity contribution < 1.29 is 45.4 Å². The Labute approximate surface area is 419 Å². The van der Waals surface area contributed by atoms with Gasteiger partial charge in [0.25, 0.3) is 17.0 Å². The van der Waals surface area contributed by atoms with Crippen molar-refractivity contribution in [3.63, 3.8) is 0 Å². The fourth-order valence-electron chi connectivity index (χ4n) is 10.8. The van der Waals surface area contributed by atoms with Crippen LogP contribution in [0.1, 0.15) is 58.6 Å². The first-order valence-corrected chi connectivity index (χ1v) is 23.3. The van der Waals surface area contributed by atoms with Gasteiger partial charge in [-0.25, -0.2) is 19.6 Å². The number of aromatic amines is 2. The number of carbonyl (C=O) groups excluding carboxylic acids is 3. The van der Waals surface area contributed by atoms with E-state index in [1.54, 1.807) is 44.8 Å². The Kier molecular flexibility index (Phi) is 14.7. The SMILES string of the molecule is C[C@H]1c2cccc(O)c2C(=O)C2=C(O)[C@]3(O)C(=O)C(C(N)=O)=C(O)[C@@H](N(C)C)[C@@H]3[C@@H](O)[C@@H]21.Cn1c(=O)c2[nH]cnc2n(C)c1=O.Cn1cnc2c1c(=O)[nH]c(=O)n2C.O.c1ccc2c(c1)CCCC2C1=NCCN1. The van der Waals surface area contributed by atoms with Crippen LogP contribution in [0.25, 0.3) is 22.3 Å². The summed E-state index contributed by atoms with van der Waals surface area (Å²) >= 11 is 0. The van der Waals surface area contributed by atoms with Gasteiger partial charge < -0.3 is 51.6 Å². The number of amidine groups is 1. The zero-order chi connectivity index (χ0) is 53.1. The molecule has 1 aliphatic heterocycles. The van der Waals surface area contributed by atoms with Crippen molar-refractivity contribution in [3.05, 3.63) is 142 Å². The van der Waals surface area contributed by atoms with Crippen molar-refractivity contribution >= 4 is 45.6 Å². The van der Waals surface area contributed by atoms with Gasteiger partial charge in [0.05, 0.1) is 42.8 Å². The van der Waals surface area contributed by atoms with Crippen molar-refractivity contribution in [2.24, 2.45) is 50.8 Å². The van der Waals surface area contributed by atoms with Gasteiger partial charge >= 0.3 is 11.4 Å². The maximum absolute atomic E-state index is 13.3. The molecule has 1 unspecified atom stereocenters. The Hall–Kier alpha value is -8.26. The van der Waals surface area contributed by atoms with Crippen LogP contribution in [-0.2, 0) is 44.2 Å². The molecule has 12 N–H and O–H groups in total. The smallest absolute Gasteiger partial charge is 0.332 e. The van der Waals surface area contributed by atoms with E-state index < -0.39 is 86.9 Å². The van der Waals surface area contributed by atoms with Crippen LogP contribution in [0.2, 0.25) is 0 Å². The molecule has 6 aromatic rings. The number of phenols is 1. The van der Waals surface area contributed by atoms with Crippen molar-refractivity contribution in [1.82, 2.24) is 48.4 Å². The van der Waals surface area contributed by atoms with Gasteiger partial charge in [-0.15, -0.1) is 0 Å². The second-order valence-corrected chi connectivity index (χ2v) is 18.8. The average molecular weight is 1020 g/mol. The molecule has 0 fully saturated rings. The molecular weight excluding hydrogens is 965 g/mol. The van der Waals surface area contributed by atoms with Crippen LogP contribution < -0.4 is 33.5 Å². The fraction of sp³-hybridized carbons (Fsp3) is 0.388. The van der Waals surface area contributed by atoms with E-state index in [1.807, 2.05) is 0 Å². The number of hydrogen-bond acceptors (Lipinski definition) is 17. The Morgan fingerprint density at radius 3 is 2.26 bits per heavy atom. The van der Waals surface area contributed by atoms with Gasteiger partial charge in [-0.05, 0) is 62.0 Å². The van der Waals surface area contributed by atoms with Gasteiger partial charge in [-0.3, -0.25) is 52.6 Å². The number of aromatic hydroxyl groups is 1. The molecule has 74 heavy (non-hydrogen) atoms. The minimum absolute atomic E-state index is 0. The van der Waals surface area contributed by atoms with Gasteiger partial charge in [0.1, 0.15) is 34.2 Å². The number of ketones is 2. The van der Waals surface area contributed by atoms with E-state index in [2.05, 4.69) is 54.5 Å². The number of imidazole rings is 2. The number of nitrogens with two attached hydrogens (primary N) is 1. The van der Waals surface area contributed by atoms with Crippen molar-refractivity contribution in [2.75, 3.05) is 27.2 Å². The number of aromatic nitrogens is 8. The summed E-state index contributed by atoms with van der Waals surface area (Å²) in [4.78, 5) is 102. The molecule has 2 aromatic carbocycles. The highest BCUT2D eigenvalue weighted by Crippen LogP contribution is 2.55. The molecule has 0 radical (unpaired) electrons. The highest BCUT2D eigenvalue weighted by atomic mass is 16.4. The number of aliphatic hydroxyl groups excluding tert-OH is 3. The molecule has 25 heteroatoms. The summed E-state index contributed by atoms with van der Waals surface area (Å²) in [5.41, 5.74) is 4.34. The number of nitrogens with zero attached hydrogens (tertiary/aromatic N) is 8. The van der Waals surface area contributed by atoms with Crippen LogP contribution in [0.15, 0.2) is 102 Å². The number of rotatable bonds is 3. The molecule has 5 aliphatic rings. The second kappa shape index (κ2) is 20.3. The number of hydrogen-bond donors (Lipinski definition) is 9.